The van der Waals surface area contributed by atoms with E-state index in [4.69, 9.17) is 16.3 Å². The number of methoxy groups -OCH3 is 1. The van der Waals surface area contributed by atoms with Gasteiger partial charge in [-0.15, -0.1) is 0 Å². The van der Waals surface area contributed by atoms with Crippen molar-refractivity contribution in [3.05, 3.63) is 148 Å². The third-order valence-electron chi connectivity index (χ3n) is 11.3. The average molecular weight is 684 g/mol. The van der Waals surface area contributed by atoms with Crippen LogP contribution in [-0.4, -0.2) is 40.5 Å². The van der Waals surface area contributed by atoms with Crippen LogP contribution in [0.15, 0.2) is 121 Å². The zero-order valence-corrected chi connectivity index (χ0v) is 28.0. The molecule has 8 rings (SSSR count). The molecular weight excluding hydrogens is 650 g/mol. The molecule has 2 fully saturated rings. The second kappa shape index (κ2) is 12.3. The number of benzene rings is 4. The molecular formula is C42H34ClNO6. The first-order chi connectivity index (χ1) is 24.2. The van der Waals surface area contributed by atoms with Gasteiger partial charge in [0.2, 0.25) is 11.8 Å². The molecule has 4 aromatic rings. The Kier molecular flexibility index (Phi) is 7.83. The summed E-state index contributed by atoms with van der Waals surface area (Å²) in [6, 6.07) is 31.2. The Bertz CT molecular complexity index is 2110. The second-order valence-corrected chi connectivity index (χ2v) is 14.0. The zero-order valence-electron chi connectivity index (χ0n) is 27.3. The van der Waals surface area contributed by atoms with Crippen LogP contribution in [0.3, 0.4) is 0 Å². The minimum atomic E-state index is -1.41. The Morgan fingerprint density at radius 2 is 1.52 bits per heavy atom. The normalized spacial score (nSPS) is 27.2. The minimum absolute atomic E-state index is 0.0341. The molecule has 8 heteroatoms. The van der Waals surface area contributed by atoms with E-state index < -0.39 is 35.0 Å². The fourth-order valence-electron chi connectivity index (χ4n) is 9.15. The van der Waals surface area contributed by atoms with Gasteiger partial charge in [0.25, 0.3) is 0 Å². The Morgan fingerprint density at radius 3 is 2.20 bits per heavy atom. The van der Waals surface area contributed by atoms with Crippen LogP contribution < -0.4 is 4.74 Å². The number of phenols is 1. The lowest BCUT2D eigenvalue weighted by Crippen LogP contribution is -2.58. The molecule has 0 spiro atoms. The predicted molar refractivity (Wildman–Crippen MR) is 188 cm³/mol. The quantitative estimate of drug-likeness (QED) is 0.172. The van der Waals surface area contributed by atoms with Crippen molar-refractivity contribution in [1.29, 1.82) is 0 Å². The third-order valence-corrected chi connectivity index (χ3v) is 11.5. The highest BCUT2D eigenvalue weighted by molar-refractivity contribution is 6.33. The van der Waals surface area contributed by atoms with Crippen LogP contribution in [0.25, 0.3) is 5.57 Å². The molecule has 50 heavy (non-hydrogen) atoms. The number of hydrogen-bond acceptors (Lipinski definition) is 6. The number of carbonyl (C=O) groups excluding carboxylic acids is 4. The van der Waals surface area contributed by atoms with E-state index >= 15 is 9.59 Å². The monoisotopic (exact) mass is 683 g/mol. The smallest absolute Gasteiger partial charge is 0.234 e. The second-order valence-electron chi connectivity index (χ2n) is 13.6. The number of Topliss-reactive ketones (excluding diaryl/α,β-unsaturated/α-hetero) is 1. The summed E-state index contributed by atoms with van der Waals surface area (Å²) in [6.45, 7) is 0.164. The Hall–Kier alpha value is -5.27. The molecule has 0 aromatic heterocycles. The van der Waals surface area contributed by atoms with Crippen LogP contribution in [0.1, 0.15) is 41.0 Å². The average Bonchev–Trinajstić information content (AvgIpc) is 3.39. The SMILES string of the molecule is COc1cc(C2C3=CCC4C(=O)N(Cc5ccccc5)C(=O)C4C3CC3C(=O)C(c4ccccc4)=CC(=O)C32c2ccccc2)cc(Cl)c1O. The van der Waals surface area contributed by atoms with E-state index in [9.17, 15) is 14.7 Å². The summed E-state index contributed by atoms with van der Waals surface area (Å²) in [5.41, 5.74) is 2.46. The minimum Gasteiger partial charge on any atom is -0.503 e. The molecule has 0 bridgehead atoms. The third kappa shape index (κ3) is 4.71. The molecule has 3 aliphatic carbocycles. The number of likely N-dealkylation sites (tertiary alicyclic amines) is 1. The van der Waals surface area contributed by atoms with Crippen LogP contribution in [0.2, 0.25) is 5.02 Å². The topological polar surface area (TPSA) is 101 Å². The van der Waals surface area contributed by atoms with E-state index in [1.54, 1.807) is 12.1 Å². The van der Waals surface area contributed by atoms with Gasteiger partial charge in [-0.1, -0.05) is 114 Å². The number of ketones is 2. The molecule has 4 aliphatic rings. The van der Waals surface area contributed by atoms with Gasteiger partial charge in [-0.3, -0.25) is 24.1 Å². The van der Waals surface area contributed by atoms with Gasteiger partial charge in [-0.05, 0) is 59.2 Å². The Balaban J connectivity index is 1.36. The number of aromatic hydroxyl groups is 1. The van der Waals surface area contributed by atoms with Crippen LogP contribution in [-0.2, 0) is 31.1 Å². The molecule has 6 atom stereocenters. The summed E-state index contributed by atoms with van der Waals surface area (Å²) in [4.78, 5) is 59.9. The summed E-state index contributed by atoms with van der Waals surface area (Å²) >= 11 is 6.64. The lowest BCUT2D eigenvalue weighted by atomic mass is 9.44. The first-order valence-corrected chi connectivity index (χ1v) is 17.2. The predicted octanol–water partition coefficient (Wildman–Crippen LogP) is 7.08. The first kappa shape index (κ1) is 32.0. The van der Waals surface area contributed by atoms with E-state index in [-0.39, 0.29) is 52.9 Å². The van der Waals surface area contributed by atoms with Crippen molar-refractivity contribution in [3.8, 4) is 11.5 Å². The van der Waals surface area contributed by atoms with E-state index in [0.717, 1.165) is 11.1 Å². The standard InChI is InChI=1S/C42H34ClNO6/c1-50-34-20-26(19-33(43)39(34)47)37-28-17-18-29-36(41(49)44(40(29)48)23-24-11-5-2-6-12-24)31(28)21-32-38(46)30(25-13-7-3-8-14-25)22-35(45)42(32,37)27-15-9-4-10-16-27/h2-17,19-20,22,29,31-32,36-37,47H,18,21,23H2,1H3. The van der Waals surface area contributed by atoms with Gasteiger partial charge in [0, 0.05) is 17.4 Å². The van der Waals surface area contributed by atoms with E-state index in [1.165, 1.54) is 18.1 Å². The zero-order chi connectivity index (χ0) is 34.7. The van der Waals surface area contributed by atoms with Crippen LogP contribution in [0, 0.1) is 23.7 Å². The number of fused-ring (bicyclic) bond motifs is 4. The molecule has 250 valence electrons. The van der Waals surface area contributed by atoms with Crippen molar-refractivity contribution >= 4 is 40.6 Å². The number of amides is 2. The number of carbonyl (C=O) groups is 4. The molecule has 1 N–H and O–H groups in total. The van der Waals surface area contributed by atoms with E-state index in [0.29, 0.717) is 28.7 Å². The number of allylic oxidation sites excluding steroid dienone is 4. The highest BCUT2D eigenvalue weighted by atomic mass is 35.5. The van der Waals surface area contributed by atoms with Crippen molar-refractivity contribution in [2.24, 2.45) is 23.7 Å². The van der Waals surface area contributed by atoms with Crippen LogP contribution >= 0.6 is 11.6 Å². The van der Waals surface area contributed by atoms with Crippen molar-refractivity contribution in [2.45, 2.75) is 30.7 Å². The maximum atomic E-state index is 15.1. The molecule has 0 radical (unpaired) electrons. The van der Waals surface area contributed by atoms with Gasteiger partial charge in [0.1, 0.15) is 0 Å². The maximum absolute atomic E-state index is 15.1. The van der Waals surface area contributed by atoms with Gasteiger partial charge in [0.15, 0.2) is 23.1 Å². The number of phenolic OH excluding ortho intramolecular Hbond substituents is 1. The number of halogens is 1. The molecule has 4 aromatic carbocycles. The molecule has 6 unspecified atom stereocenters. The van der Waals surface area contributed by atoms with E-state index in [1.807, 2.05) is 97.1 Å². The number of hydrogen-bond donors (Lipinski definition) is 1. The largest absolute Gasteiger partial charge is 0.503 e. The highest BCUT2D eigenvalue weighted by Crippen LogP contribution is 2.64. The van der Waals surface area contributed by atoms with Crippen molar-refractivity contribution in [3.63, 3.8) is 0 Å². The fraction of sp³-hybridized carbons (Fsp3) is 0.238. The summed E-state index contributed by atoms with van der Waals surface area (Å²) < 4.78 is 5.54. The maximum Gasteiger partial charge on any atom is 0.234 e. The summed E-state index contributed by atoms with van der Waals surface area (Å²) in [6.07, 6.45) is 4.00. The van der Waals surface area contributed by atoms with Crippen LogP contribution in [0.5, 0.6) is 11.5 Å². The van der Waals surface area contributed by atoms with Gasteiger partial charge in [-0.2, -0.15) is 0 Å². The molecule has 1 saturated carbocycles. The Morgan fingerprint density at radius 1 is 0.860 bits per heavy atom. The number of ether oxygens (including phenoxy) is 1. The van der Waals surface area contributed by atoms with Crippen molar-refractivity contribution < 1.29 is 29.0 Å². The molecule has 2 amide bonds. The number of imide groups is 1. The van der Waals surface area contributed by atoms with Crippen molar-refractivity contribution in [1.82, 2.24) is 4.90 Å². The van der Waals surface area contributed by atoms with Crippen LogP contribution in [0.4, 0.5) is 0 Å². The summed E-state index contributed by atoms with van der Waals surface area (Å²) in [7, 11) is 1.42. The summed E-state index contributed by atoms with van der Waals surface area (Å²) in [5, 5.41) is 10.8. The number of rotatable bonds is 6. The van der Waals surface area contributed by atoms with E-state index in [2.05, 4.69) is 0 Å². The highest BCUT2D eigenvalue weighted by Gasteiger charge is 2.66. The summed E-state index contributed by atoms with van der Waals surface area (Å²) in [5.74, 6) is -4.47. The fourth-order valence-corrected chi connectivity index (χ4v) is 9.37. The van der Waals surface area contributed by atoms with Gasteiger partial charge < -0.3 is 9.84 Å². The van der Waals surface area contributed by atoms with Gasteiger partial charge >= 0.3 is 0 Å². The molecule has 1 heterocycles. The molecule has 1 aliphatic heterocycles. The van der Waals surface area contributed by atoms with Gasteiger partial charge in [-0.25, -0.2) is 0 Å². The number of nitrogens with zero attached hydrogens (tertiary/aromatic N) is 1. The molecule has 7 nitrogen and oxygen atoms in total. The molecule has 1 saturated heterocycles. The Labute approximate surface area is 294 Å². The van der Waals surface area contributed by atoms with Crippen molar-refractivity contribution in [2.75, 3.05) is 7.11 Å². The first-order valence-electron chi connectivity index (χ1n) is 16.8. The lowest BCUT2D eigenvalue weighted by molar-refractivity contribution is -0.141. The lowest BCUT2D eigenvalue weighted by Gasteiger charge is -2.55. The van der Waals surface area contributed by atoms with Gasteiger partial charge in [0.05, 0.1) is 35.9 Å².